The third-order valence-electron chi connectivity index (χ3n) is 10.3. The minimum Gasteiger partial charge on any atom is -0.458 e. The Bertz CT molecular complexity index is 1120. The zero-order valence-electron chi connectivity index (χ0n) is 21.9. The number of ketones is 1. The second-order valence-electron chi connectivity index (χ2n) is 12.3. The summed E-state index contributed by atoms with van der Waals surface area (Å²) >= 11 is 0. The van der Waals surface area contributed by atoms with E-state index in [1.54, 1.807) is 6.92 Å². The van der Waals surface area contributed by atoms with Crippen LogP contribution >= 0.6 is 0 Å². The zero-order valence-corrected chi connectivity index (χ0v) is 21.9. The molecule has 5 rings (SSSR count). The number of esters is 2. The monoisotopic (exact) mass is 478 g/mol. The smallest absolute Gasteiger partial charge is 0.333 e. The molecule has 5 heteroatoms. The van der Waals surface area contributed by atoms with E-state index in [4.69, 9.17) is 9.47 Å². The van der Waals surface area contributed by atoms with Crippen molar-refractivity contribution in [2.24, 2.45) is 28.6 Å². The Balaban J connectivity index is 1.51. The summed E-state index contributed by atoms with van der Waals surface area (Å²) in [6.45, 7) is 12.4. The van der Waals surface area contributed by atoms with E-state index in [1.165, 1.54) is 17.2 Å². The van der Waals surface area contributed by atoms with Crippen molar-refractivity contribution in [3.05, 3.63) is 46.6 Å². The third kappa shape index (κ3) is 3.52. The van der Waals surface area contributed by atoms with Crippen molar-refractivity contribution in [2.75, 3.05) is 0 Å². The van der Waals surface area contributed by atoms with E-state index in [2.05, 4.69) is 26.8 Å². The maximum atomic E-state index is 13.9. The van der Waals surface area contributed by atoms with Crippen LogP contribution in [-0.2, 0) is 23.9 Å². The van der Waals surface area contributed by atoms with Crippen molar-refractivity contribution in [1.82, 2.24) is 0 Å². The van der Waals surface area contributed by atoms with Crippen molar-refractivity contribution < 1.29 is 23.9 Å². The molecular formula is C30H38O5. The summed E-state index contributed by atoms with van der Waals surface area (Å²) in [7, 11) is 0. The molecule has 0 unspecified atom stereocenters. The van der Waals surface area contributed by atoms with Crippen LogP contribution < -0.4 is 0 Å². The van der Waals surface area contributed by atoms with Crippen LogP contribution in [-0.4, -0.2) is 29.4 Å². The number of Topliss-reactive ketones (excluding diaryl/α,β-unsaturated/α-hetero) is 1. The fourth-order valence-electron chi connectivity index (χ4n) is 7.90. The summed E-state index contributed by atoms with van der Waals surface area (Å²) in [5.74, 6) is 0.158. The molecule has 0 bridgehead atoms. The largest absolute Gasteiger partial charge is 0.458 e. The Morgan fingerprint density at radius 2 is 1.80 bits per heavy atom. The van der Waals surface area contributed by atoms with Gasteiger partial charge in [-0.1, -0.05) is 37.6 Å². The number of carbonyl (C=O) groups is 3. The highest BCUT2D eigenvalue weighted by atomic mass is 16.6. The Morgan fingerprint density at radius 3 is 2.51 bits per heavy atom. The maximum Gasteiger partial charge on any atom is 0.333 e. The van der Waals surface area contributed by atoms with Gasteiger partial charge in [0.25, 0.3) is 0 Å². The summed E-state index contributed by atoms with van der Waals surface area (Å²) in [5, 5.41) is 0. The summed E-state index contributed by atoms with van der Waals surface area (Å²) < 4.78 is 11.6. The molecule has 188 valence electrons. The van der Waals surface area contributed by atoms with Gasteiger partial charge in [0.2, 0.25) is 0 Å². The van der Waals surface area contributed by atoms with Crippen LogP contribution in [0.25, 0.3) is 0 Å². The van der Waals surface area contributed by atoms with Crippen molar-refractivity contribution in [1.29, 1.82) is 0 Å². The summed E-state index contributed by atoms with van der Waals surface area (Å²) in [4.78, 5) is 38.3. The van der Waals surface area contributed by atoms with E-state index >= 15 is 0 Å². The number of hydrogen-bond donors (Lipinski definition) is 0. The summed E-state index contributed by atoms with van der Waals surface area (Å²) in [5.41, 5.74) is 3.02. The molecule has 1 fully saturated rings. The van der Waals surface area contributed by atoms with Gasteiger partial charge < -0.3 is 9.47 Å². The number of carbonyl (C=O) groups excluding carboxylic acids is 3. The number of rotatable bonds is 2. The van der Waals surface area contributed by atoms with Crippen molar-refractivity contribution in [3.8, 4) is 0 Å². The van der Waals surface area contributed by atoms with Crippen LogP contribution in [0, 0.1) is 28.6 Å². The molecule has 3 aliphatic carbocycles. The SMILES string of the molecule is CC1=CC[C@@H]([C@@H](C)[C@H]2CC(=O)[C@@]3(C)C4=C(C=C5C=CC(=O)OC(C)(C)[C@@H]5CC4)CC[C@]23C)OC1=O. The number of hydrogen-bond acceptors (Lipinski definition) is 5. The Hall–Kier alpha value is -2.43. The van der Waals surface area contributed by atoms with E-state index in [0.29, 0.717) is 17.8 Å². The molecule has 0 radical (unpaired) electrons. The molecule has 0 aromatic heterocycles. The Labute approximate surface area is 208 Å². The van der Waals surface area contributed by atoms with Gasteiger partial charge in [0.05, 0.1) is 5.41 Å². The van der Waals surface area contributed by atoms with Gasteiger partial charge in [0.15, 0.2) is 0 Å². The molecule has 0 saturated heterocycles. The van der Waals surface area contributed by atoms with Crippen LogP contribution in [0.5, 0.6) is 0 Å². The number of cyclic esters (lactones) is 2. The molecule has 0 N–H and O–H groups in total. The van der Waals surface area contributed by atoms with Crippen molar-refractivity contribution in [3.63, 3.8) is 0 Å². The molecule has 5 aliphatic rings. The van der Waals surface area contributed by atoms with Gasteiger partial charge in [-0.2, -0.15) is 0 Å². The van der Waals surface area contributed by atoms with E-state index in [-0.39, 0.29) is 41.2 Å². The topological polar surface area (TPSA) is 69.7 Å². The van der Waals surface area contributed by atoms with Crippen LogP contribution in [0.1, 0.15) is 80.1 Å². The van der Waals surface area contributed by atoms with Gasteiger partial charge in [-0.05, 0) is 81.8 Å². The molecule has 5 nitrogen and oxygen atoms in total. The molecule has 35 heavy (non-hydrogen) atoms. The molecule has 6 atom stereocenters. The standard InChI is InChI=1S/C30H38O5/c1-17-7-11-24(34-27(17)33)18(2)23-16-25(31)30(6)22-10-9-21-19(8-12-26(32)35-28(21,3)4)15-20(22)13-14-29(23,30)5/h7-8,12,15,18,21,23-24H,9-11,13-14,16H2,1-6H3/t18-,21+,23+,24-,29+,30+/m0/s1. The highest BCUT2D eigenvalue weighted by Crippen LogP contribution is 2.67. The first kappa shape index (κ1) is 24.3. The minimum atomic E-state index is -0.599. The molecule has 0 aromatic rings. The minimum absolute atomic E-state index is 0.0913. The number of ether oxygens (including phenoxy) is 2. The van der Waals surface area contributed by atoms with Crippen molar-refractivity contribution in [2.45, 2.75) is 91.8 Å². The fourth-order valence-corrected chi connectivity index (χ4v) is 7.90. The summed E-state index contributed by atoms with van der Waals surface area (Å²) in [6, 6.07) is 0. The lowest BCUT2D eigenvalue weighted by molar-refractivity contribution is -0.153. The molecule has 1 saturated carbocycles. The second kappa shape index (κ2) is 8.04. The maximum absolute atomic E-state index is 13.9. The van der Waals surface area contributed by atoms with E-state index < -0.39 is 11.0 Å². The lowest BCUT2D eigenvalue weighted by Crippen LogP contribution is -2.47. The quantitative estimate of drug-likeness (QED) is 0.469. The molecule has 2 heterocycles. The van der Waals surface area contributed by atoms with Crippen molar-refractivity contribution >= 4 is 17.7 Å². The molecule has 0 amide bonds. The van der Waals surface area contributed by atoms with Crippen LogP contribution in [0.3, 0.4) is 0 Å². The van der Waals surface area contributed by atoms with Gasteiger partial charge in [-0.3, -0.25) is 4.79 Å². The second-order valence-corrected chi connectivity index (χ2v) is 12.3. The van der Waals surface area contributed by atoms with E-state index in [1.807, 2.05) is 26.0 Å². The predicted molar refractivity (Wildman–Crippen MR) is 133 cm³/mol. The average molecular weight is 479 g/mol. The first-order valence-electron chi connectivity index (χ1n) is 13.1. The normalized spacial score (nSPS) is 39.3. The van der Waals surface area contributed by atoms with E-state index in [0.717, 1.165) is 37.7 Å². The Kier molecular flexibility index (Phi) is 5.58. The van der Waals surface area contributed by atoms with Gasteiger partial charge in [-0.25, -0.2) is 9.59 Å². The molecule has 2 aliphatic heterocycles. The third-order valence-corrected chi connectivity index (χ3v) is 10.3. The lowest BCUT2D eigenvalue weighted by atomic mass is 9.52. The van der Waals surface area contributed by atoms with Gasteiger partial charge >= 0.3 is 11.9 Å². The predicted octanol–water partition coefficient (Wildman–Crippen LogP) is 5.80. The van der Waals surface area contributed by atoms with Crippen LogP contribution in [0.2, 0.25) is 0 Å². The summed E-state index contributed by atoms with van der Waals surface area (Å²) in [6.07, 6.45) is 12.3. The Morgan fingerprint density at radius 1 is 1.06 bits per heavy atom. The molecular weight excluding hydrogens is 440 g/mol. The van der Waals surface area contributed by atoms with Crippen LogP contribution in [0.4, 0.5) is 0 Å². The lowest BCUT2D eigenvalue weighted by Gasteiger charge is -2.51. The van der Waals surface area contributed by atoms with Gasteiger partial charge in [0.1, 0.15) is 17.5 Å². The molecule has 0 spiro atoms. The van der Waals surface area contributed by atoms with E-state index in [9.17, 15) is 14.4 Å². The van der Waals surface area contributed by atoms with Crippen LogP contribution in [0.15, 0.2) is 46.6 Å². The average Bonchev–Trinajstić information content (AvgIpc) is 2.93. The first-order valence-corrected chi connectivity index (χ1v) is 13.1. The number of allylic oxidation sites excluding steroid dienone is 4. The highest BCUT2D eigenvalue weighted by molar-refractivity contribution is 5.92. The van der Waals surface area contributed by atoms with Gasteiger partial charge in [-0.15, -0.1) is 0 Å². The molecule has 0 aromatic carbocycles. The highest BCUT2D eigenvalue weighted by Gasteiger charge is 2.64. The van der Waals surface area contributed by atoms with Gasteiger partial charge in [0, 0.05) is 30.4 Å². The number of fused-ring (bicyclic) bond motifs is 3. The fraction of sp³-hybridized carbons (Fsp3) is 0.633. The zero-order chi connectivity index (χ0) is 25.3. The first-order chi connectivity index (χ1) is 16.4.